The van der Waals surface area contributed by atoms with Crippen LogP contribution in [0.1, 0.15) is 122 Å². The average Bonchev–Trinajstić information content (AvgIpc) is 2.86. The number of aliphatic hydroxyl groups excluding tert-OH is 1. The Morgan fingerprint density at radius 3 is 1.41 bits per heavy atom. The summed E-state index contributed by atoms with van der Waals surface area (Å²) >= 11 is 0. The summed E-state index contributed by atoms with van der Waals surface area (Å²) in [7, 11) is 0. The van der Waals surface area contributed by atoms with E-state index in [-0.39, 0.29) is 18.5 Å². The third-order valence-corrected chi connectivity index (χ3v) is 5.56. The first-order chi connectivity index (χ1) is 16.6. The van der Waals surface area contributed by atoms with Crippen LogP contribution in [0.25, 0.3) is 0 Å². The van der Waals surface area contributed by atoms with Crippen LogP contribution in [0, 0.1) is 0 Å². The van der Waals surface area contributed by atoms with Crippen LogP contribution in [-0.4, -0.2) is 30.3 Å². The molecular weight excluding hydrogens is 428 g/mol. The summed E-state index contributed by atoms with van der Waals surface area (Å²) in [5, 5.41) is 8.54. The Labute approximate surface area is 208 Å². The zero-order valence-electron chi connectivity index (χ0n) is 21.9. The summed E-state index contributed by atoms with van der Waals surface area (Å²) in [4.78, 5) is 23.2. The lowest BCUT2D eigenvalue weighted by molar-refractivity contribution is -0.146. The SMILES string of the molecule is CCCCCCCCOC(=O)CCCCC(=O)OCCCCCCCC.OCc1ccccc1. The minimum Gasteiger partial charge on any atom is -0.466 e. The molecule has 196 valence electrons. The molecule has 0 amide bonds. The number of rotatable bonds is 20. The van der Waals surface area contributed by atoms with Gasteiger partial charge in [-0.2, -0.15) is 0 Å². The van der Waals surface area contributed by atoms with Gasteiger partial charge in [-0.15, -0.1) is 0 Å². The number of carbonyl (C=O) groups excluding carboxylic acids is 2. The smallest absolute Gasteiger partial charge is 0.305 e. The first-order valence-electron chi connectivity index (χ1n) is 13.6. The van der Waals surface area contributed by atoms with Crippen LogP contribution in [0.2, 0.25) is 0 Å². The molecule has 0 aliphatic rings. The molecule has 1 rings (SSSR count). The summed E-state index contributed by atoms with van der Waals surface area (Å²) < 4.78 is 10.4. The molecule has 0 saturated carbocycles. The van der Waals surface area contributed by atoms with Gasteiger partial charge in [0, 0.05) is 12.8 Å². The van der Waals surface area contributed by atoms with Gasteiger partial charge in [-0.3, -0.25) is 9.59 Å². The van der Waals surface area contributed by atoms with Gasteiger partial charge in [0.1, 0.15) is 0 Å². The van der Waals surface area contributed by atoms with Gasteiger partial charge in [0.05, 0.1) is 19.8 Å². The molecule has 0 radical (unpaired) electrons. The van der Waals surface area contributed by atoms with Crippen LogP contribution >= 0.6 is 0 Å². The number of unbranched alkanes of at least 4 members (excludes halogenated alkanes) is 11. The van der Waals surface area contributed by atoms with Crippen LogP contribution < -0.4 is 0 Å². The number of hydrogen-bond acceptors (Lipinski definition) is 5. The second-order valence-corrected chi connectivity index (χ2v) is 8.83. The van der Waals surface area contributed by atoms with Crippen molar-refractivity contribution in [3.63, 3.8) is 0 Å². The topological polar surface area (TPSA) is 72.8 Å². The summed E-state index contributed by atoms with van der Waals surface area (Å²) in [5.74, 6) is -0.280. The number of hydrogen-bond donors (Lipinski definition) is 1. The molecule has 0 aliphatic heterocycles. The monoisotopic (exact) mass is 478 g/mol. The van der Waals surface area contributed by atoms with Gasteiger partial charge in [0.2, 0.25) is 0 Å². The summed E-state index contributed by atoms with van der Waals surface area (Å²) in [6, 6.07) is 9.52. The first-order valence-corrected chi connectivity index (χ1v) is 13.6. The Bertz CT molecular complexity index is 541. The maximum Gasteiger partial charge on any atom is 0.305 e. The number of ether oxygens (including phenoxy) is 2. The largest absolute Gasteiger partial charge is 0.466 e. The van der Waals surface area contributed by atoms with Crippen molar-refractivity contribution in [3.05, 3.63) is 35.9 Å². The molecule has 0 saturated heterocycles. The maximum absolute atomic E-state index is 11.6. The fourth-order valence-electron chi connectivity index (χ4n) is 3.40. The molecule has 0 bridgehead atoms. The fourth-order valence-corrected chi connectivity index (χ4v) is 3.40. The molecule has 0 aliphatic carbocycles. The Balaban J connectivity index is 0.00000113. The van der Waals surface area contributed by atoms with E-state index < -0.39 is 0 Å². The highest BCUT2D eigenvalue weighted by Gasteiger charge is 2.06. The minimum absolute atomic E-state index is 0.140. The van der Waals surface area contributed by atoms with Crippen LogP contribution in [0.3, 0.4) is 0 Å². The molecule has 1 aromatic carbocycles. The number of carbonyl (C=O) groups is 2. The third-order valence-electron chi connectivity index (χ3n) is 5.56. The van der Waals surface area contributed by atoms with E-state index in [1.165, 1.54) is 51.4 Å². The van der Waals surface area contributed by atoms with E-state index in [1.54, 1.807) is 0 Å². The van der Waals surface area contributed by atoms with Gasteiger partial charge in [-0.05, 0) is 31.2 Å². The maximum atomic E-state index is 11.6. The molecule has 1 aromatic rings. The molecule has 0 spiro atoms. The van der Waals surface area contributed by atoms with Crippen LogP contribution in [0.4, 0.5) is 0 Å². The highest BCUT2D eigenvalue weighted by Crippen LogP contribution is 2.08. The fraction of sp³-hybridized carbons (Fsp3) is 0.724. The quantitative estimate of drug-likeness (QED) is 0.155. The van der Waals surface area contributed by atoms with E-state index in [4.69, 9.17) is 14.6 Å². The molecule has 0 fully saturated rings. The lowest BCUT2D eigenvalue weighted by atomic mass is 10.1. The van der Waals surface area contributed by atoms with E-state index in [0.29, 0.717) is 38.9 Å². The van der Waals surface area contributed by atoms with Crippen molar-refractivity contribution in [3.8, 4) is 0 Å². The predicted molar refractivity (Wildman–Crippen MR) is 140 cm³/mol. The first kappa shape index (κ1) is 32.1. The number of benzene rings is 1. The lowest BCUT2D eigenvalue weighted by Crippen LogP contribution is -2.08. The lowest BCUT2D eigenvalue weighted by Gasteiger charge is -2.06. The van der Waals surface area contributed by atoms with E-state index >= 15 is 0 Å². The Hall–Kier alpha value is -1.88. The van der Waals surface area contributed by atoms with Crippen molar-refractivity contribution in [2.75, 3.05) is 13.2 Å². The van der Waals surface area contributed by atoms with Crippen LogP contribution in [0.5, 0.6) is 0 Å². The van der Waals surface area contributed by atoms with Gasteiger partial charge in [-0.1, -0.05) is 108 Å². The van der Waals surface area contributed by atoms with Crippen molar-refractivity contribution in [1.82, 2.24) is 0 Å². The predicted octanol–water partition coefficient (Wildman–Crippen LogP) is 7.53. The van der Waals surface area contributed by atoms with Gasteiger partial charge in [-0.25, -0.2) is 0 Å². The standard InChI is InChI=1S/C22H42O4.C7H8O/c1-3-5-7-9-11-15-19-25-21(23)17-13-14-18-22(24)26-20-16-12-10-8-6-4-2;8-6-7-4-2-1-3-5-7/h3-20H2,1-2H3;1-5,8H,6H2. The van der Waals surface area contributed by atoms with Crippen molar-refractivity contribution in [2.24, 2.45) is 0 Å². The van der Waals surface area contributed by atoms with Crippen LogP contribution in [-0.2, 0) is 25.7 Å². The highest BCUT2D eigenvalue weighted by atomic mass is 16.5. The Morgan fingerprint density at radius 2 is 1.03 bits per heavy atom. The van der Waals surface area contributed by atoms with Crippen molar-refractivity contribution in [2.45, 2.75) is 123 Å². The van der Waals surface area contributed by atoms with E-state index in [9.17, 15) is 9.59 Å². The summed E-state index contributed by atoms with van der Waals surface area (Å²) in [5.41, 5.74) is 0.965. The second-order valence-electron chi connectivity index (χ2n) is 8.83. The molecule has 5 nitrogen and oxygen atoms in total. The molecule has 0 atom stereocenters. The molecule has 1 N–H and O–H groups in total. The van der Waals surface area contributed by atoms with Gasteiger partial charge in [0.15, 0.2) is 0 Å². The molecule has 34 heavy (non-hydrogen) atoms. The van der Waals surface area contributed by atoms with Gasteiger partial charge < -0.3 is 14.6 Å². The van der Waals surface area contributed by atoms with E-state index in [0.717, 1.165) is 31.2 Å². The molecular formula is C29H50O5. The molecule has 5 heteroatoms. The van der Waals surface area contributed by atoms with E-state index in [1.807, 2.05) is 30.3 Å². The normalized spacial score (nSPS) is 10.3. The van der Waals surface area contributed by atoms with Gasteiger partial charge in [0.25, 0.3) is 0 Å². The average molecular weight is 479 g/mol. The number of esters is 2. The molecule has 0 aromatic heterocycles. The van der Waals surface area contributed by atoms with E-state index in [2.05, 4.69) is 13.8 Å². The second kappa shape index (κ2) is 25.7. The van der Waals surface area contributed by atoms with Crippen molar-refractivity contribution in [1.29, 1.82) is 0 Å². The zero-order chi connectivity index (χ0) is 25.1. The summed E-state index contributed by atoms with van der Waals surface area (Å²) in [6.45, 7) is 5.62. The minimum atomic E-state index is -0.140. The number of aliphatic hydroxyl groups is 1. The van der Waals surface area contributed by atoms with Crippen LogP contribution in [0.15, 0.2) is 30.3 Å². The Morgan fingerprint density at radius 1 is 0.618 bits per heavy atom. The van der Waals surface area contributed by atoms with Gasteiger partial charge >= 0.3 is 11.9 Å². The third kappa shape index (κ3) is 23.3. The zero-order valence-corrected chi connectivity index (χ0v) is 21.9. The molecule has 0 unspecified atom stereocenters. The van der Waals surface area contributed by atoms with Crippen molar-refractivity contribution >= 4 is 11.9 Å². The summed E-state index contributed by atoms with van der Waals surface area (Å²) in [6.07, 6.45) is 16.5. The van der Waals surface area contributed by atoms with Crippen molar-refractivity contribution < 1.29 is 24.2 Å². The highest BCUT2D eigenvalue weighted by molar-refractivity contribution is 5.70. The Kier molecular flexibility index (Phi) is 24.3. The molecule has 0 heterocycles.